The number of rotatable bonds is 8. The molecule has 1 aromatic heterocycles. The van der Waals surface area contributed by atoms with Gasteiger partial charge in [0.2, 0.25) is 5.90 Å². The summed E-state index contributed by atoms with van der Waals surface area (Å²) in [6.07, 6.45) is 1.86. The van der Waals surface area contributed by atoms with Gasteiger partial charge in [-0.1, -0.05) is 25.1 Å². The van der Waals surface area contributed by atoms with Crippen molar-refractivity contribution >= 4 is 17.6 Å². The smallest absolute Gasteiger partial charge is 0.433 e. The lowest BCUT2D eigenvalue weighted by molar-refractivity contribution is -0.0927. The maximum absolute atomic E-state index is 14.0. The van der Waals surface area contributed by atoms with E-state index in [4.69, 9.17) is 10.5 Å². The van der Waals surface area contributed by atoms with Crippen molar-refractivity contribution in [3.8, 4) is 0 Å². The predicted octanol–water partition coefficient (Wildman–Crippen LogP) is 6.32. The van der Waals surface area contributed by atoms with Crippen molar-refractivity contribution < 1.29 is 31.5 Å². The summed E-state index contributed by atoms with van der Waals surface area (Å²) < 4.78 is 73.5. The Morgan fingerprint density at radius 1 is 1.27 bits per heavy atom. The molecule has 1 fully saturated rings. The summed E-state index contributed by atoms with van der Waals surface area (Å²) >= 11 is 0. The minimum atomic E-state index is -4.64. The number of nitrogens with zero attached hydrogens (tertiary/aromatic N) is 4. The Labute approximate surface area is 235 Å². The molecule has 3 rings (SSSR count). The second-order valence-corrected chi connectivity index (χ2v) is 9.41. The van der Waals surface area contributed by atoms with Gasteiger partial charge in [0, 0.05) is 30.8 Å². The van der Waals surface area contributed by atoms with E-state index in [-0.39, 0.29) is 24.8 Å². The molecule has 1 saturated heterocycles. The van der Waals surface area contributed by atoms with Gasteiger partial charge in [0.15, 0.2) is 0 Å². The number of aryl methyl sites for hydroxylation is 1. The maximum Gasteiger partial charge on any atom is 0.433 e. The number of para-hydroxylation sites is 1. The van der Waals surface area contributed by atoms with Crippen LogP contribution in [0, 0.1) is 18.6 Å². The molecule has 8 nitrogen and oxygen atoms in total. The summed E-state index contributed by atoms with van der Waals surface area (Å²) in [7, 11) is 0. The zero-order chi connectivity index (χ0) is 30.2. The third-order valence-corrected chi connectivity index (χ3v) is 6.37. The molecule has 41 heavy (non-hydrogen) atoms. The lowest BCUT2D eigenvalue weighted by atomic mass is 9.89. The van der Waals surface area contributed by atoms with Gasteiger partial charge in [-0.15, -0.1) is 0 Å². The molecule has 3 N–H and O–H groups in total. The van der Waals surface area contributed by atoms with Crippen LogP contribution in [0.5, 0.6) is 0 Å². The van der Waals surface area contributed by atoms with E-state index in [0.717, 1.165) is 18.2 Å². The van der Waals surface area contributed by atoms with Crippen LogP contribution in [0.1, 0.15) is 62.2 Å². The van der Waals surface area contributed by atoms with Crippen molar-refractivity contribution in [2.75, 3.05) is 25.0 Å². The van der Waals surface area contributed by atoms with E-state index in [0.29, 0.717) is 43.0 Å². The Morgan fingerprint density at radius 2 is 1.93 bits per heavy atom. The molecule has 2 heterocycles. The number of ether oxygens (including phenoxy) is 1. The minimum Gasteiger partial charge on any atom is -0.476 e. The average Bonchev–Trinajstić information content (AvgIpc) is 2.92. The van der Waals surface area contributed by atoms with Crippen LogP contribution in [0.2, 0.25) is 0 Å². The molecule has 0 radical (unpaired) electrons. The summed E-state index contributed by atoms with van der Waals surface area (Å²) in [4.78, 5) is 26.6. The number of allylic oxidation sites excluding steroid dienone is 3. The quantitative estimate of drug-likeness (QED) is 0.216. The Balaban J connectivity index is 1.71. The second-order valence-electron chi connectivity index (χ2n) is 9.41. The maximum atomic E-state index is 14.0. The minimum absolute atomic E-state index is 0.111. The summed E-state index contributed by atoms with van der Waals surface area (Å²) in [5.74, 6) is -1.59. The number of urea groups is 1. The van der Waals surface area contributed by atoms with Gasteiger partial charge in [-0.25, -0.2) is 28.5 Å². The first kappa shape index (κ1) is 31.7. The Bertz CT molecular complexity index is 1280. The highest BCUT2D eigenvalue weighted by atomic mass is 19.4. The Morgan fingerprint density at radius 3 is 2.51 bits per heavy atom. The number of amides is 2. The highest BCUT2D eigenvalue weighted by Crippen LogP contribution is 2.32. The Hall–Kier alpha value is -3.87. The van der Waals surface area contributed by atoms with Crippen LogP contribution in [0.4, 0.5) is 32.4 Å². The predicted molar refractivity (Wildman–Crippen MR) is 145 cm³/mol. The van der Waals surface area contributed by atoms with Crippen molar-refractivity contribution in [2.24, 2.45) is 10.7 Å². The number of nitrogens with one attached hydrogen (secondary N) is 1. The van der Waals surface area contributed by atoms with Gasteiger partial charge in [0.1, 0.15) is 35.5 Å². The monoisotopic (exact) mass is 580 g/mol. The van der Waals surface area contributed by atoms with Crippen molar-refractivity contribution in [1.29, 1.82) is 0 Å². The third-order valence-electron chi connectivity index (χ3n) is 6.37. The molecule has 13 heteroatoms. The van der Waals surface area contributed by atoms with Crippen molar-refractivity contribution in [2.45, 2.75) is 58.2 Å². The highest BCUT2D eigenvalue weighted by Gasteiger charge is 2.34. The fraction of sp³-hybridized carbons (Fsp3) is 0.429. The second kappa shape index (κ2) is 14.2. The molecule has 2 aromatic rings. The fourth-order valence-corrected chi connectivity index (χ4v) is 4.33. The molecule has 1 unspecified atom stereocenters. The van der Waals surface area contributed by atoms with Crippen molar-refractivity contribution in [3.05, 3.63) is 77.0 Å². The number of aliphatic imine (C=N–C) groups is 1. The van der Waals surface area contributed by atoms with Gasteiger partial charge in [-0.2, -0.15) is 13.2 Å². The molecule has 1 aliphatic rings. The molecule has 0 saturated carbocycles. The lowest BCUT2D eigenvalue weighted by Gasteiger charge is -2.33. The lowest BCUT2D eigenvalue weighted by Crippen LogP contribution is -2.41. The van der Waals surface area contributed by atoms with E-state index < -0.39 is 41.3 Å². The summed E-state index contributed by atoms with van der Waals surface area (Å²) in [5, 5.41) is 2.29. The van der Waals surface area contributed by atoms with E-state index in [2.05, 4.69) is 20.3 Å². The van der Waals surface area contributed by atoms with Gasteiger partial charge in [-0.3, -0.25) is 0 Å². The Kier molecular flexibility index (Phi) is 10.9. The molecule has 1 atom stereocenters. The van der Waals surface area contributed by atoms with Crippen LogP contribution in [-0.2, 0) is 4.74 Å². The topological polar surface area (TPSA) is 106 Å². The number of nitrogens with two attached hydrogens (primary N) is 1. The SMILES string of the molecule is C\C=C/C(=N/C(=C/CC)C(F)(F)F)OCC(N)c1cnc(C)nc1C1CCN(C(=O)Nc2c(F)cccc2F)CC1. The van der Waals surface area contributed by atoms with Crippen molar-refractivity contribution in [1.82, 2.24) is 14.9 Å². The van der Waals surface area contributed by atoms with Crippen LogP contribution in [0.15, 0.2) is 53.3 Å². The number of carbonyl (C=O) groups is 1. The van der Waals surface area contributed by atoms with E-state index in [9.17, 15) is 26.7 Å². The normalized spacial score (nSPS) is 16.3. The van der Waals surface area contributed by atoms with Crippen LogP contribution < -0.4 is 11.1 Å². The number of alkyl halides is 3. The number of halogens is 5. The molecular formula is C28H33F5N6O2. The van der Waals surface area contributed by atoms with Crippen LogP contribution >= 0.6 is 0 Å². The van der Waals surface area contributed by atoms with Gasteiger partial charge < -0.3 is 20.7 Å². The number of benzene rings is 1. The first-order valence-corrected chi connectivity index (χ1v) is 13.1. The number of hydrogen-bond donors (Lipinski definition) is 2. The van der Waals surface area contributed by atoms with Crippen LogP contribution in [0.25, 0.3) is 0 Å². The van der Waals surface area contributed by atoms with Gasteiger partial charge in [0.25, 0.3) is 0 Å². The molecule has 2 amide bonds. The number of likely N-dealkylation sites (tertiary alicyclic amines) is 1. The number of aromatic nitrogens is 2. The van der Waals surface area contributed by atoms with Crippen LogP contribution in [0.3, 0.4) is 0 Å². The molecule has 1 aliphatic heterocycles. The summed E-state index contributed by atoms with van der Waals surface area (Å²) in [5.41, 5.74) is 6.04. The molecule has 0 bridgehead atoms. The van der Waals surface area contributed by atoms with E-state index in [1.165, 1.54) is 23.1 Å². The third kappa shape index (κ3) is 8.56. The molecule has 0 aliphatic carbocycles. The number of carbonyl (C=O) groups excluding carboxylic acids is 1. The van der Waals surface area contributed by atoms with E-state index >= 15 is 0 Å². The standard InChI is InChI=1S/C28H33F5N6O2/c1-4-7-23(28(31,32)33)37-24(8-5-2)41-16-22(34)19-15-35-17(3)36-25(19)18-11-13-39(14-12-18)27(40)38-26-20(29)9-6-10-21(26)30/h5-10,15,18,22H,4,11-14,16,34H2,1-3H3,(H,38,40)/b8-5-,23-7+,37-24-. The van der Waals surface area contributed by atoms with Crippen molar-refractivity contribution in [3.63, 3.8) is 0 Å². The first-order valence-electron chi connectivity index (χ1n) is 13.1. The molecule has 1 aromatic carbocycles. The number of piperidine rings is 1. The first-order chi connectivity index (χ1) is 19.4. The van der Waals surface area contributed by atoms with Gasteiger partial charge in [-0.05, 0) is 51.3 Å². The van der Waals surface area contributed by atoms with Crippen LogP contribution in [-0.4, -0.2) is 52.7 Å². The van der Waals surface area contributed by atoms with E-state index in [1.807, 2.05) is 0 Å². The van der Waals surface area contributed by atoms with Gasteiger partial charge >= 0.3 is 12.2 Å². The molecular weight excluding hydrogens is 547 g/mol. The molecule has 0 spiro atoms. The highest BCUT2D eigenvalue weighted by molar-refractivity contribution is 5.89. The van der Waals surface area contributed by atoms with Gasteiger partial charge in [0.05, 0.1) is 11.7 Å². The fourth-order valence-electron chi connectivity index (χ4n) is 4.33. The molecule has 222 valence electrons. The summed E-state index contributed by atoms with van der Waals surface area (Å²) in [6, 6.07) is 1.92. The summed E-state index contributed by atoms with van der Waals surface area (Å²) in [6.45, 7) is 5.32. The largest absolute Gasteiger partial charge is 0.476 e. The van der Waals surface area contributed by atoms with E-state index in [1.54, 1.807) is 27.0 Å². The average molecular weight is 581 g/mol. The number of anilines is 1. The number of hydrogen-bond acceptors (Lipinski definition) is 6. The zero-order valence-electron chi connectivity index (χ0n) is 23.0. The zero-order valence-corrected chi connectivity index (χ0v) is 23.0.